The molecule has 0 radical (unpaired) electrons. The van der Waals surface area contributed by atoms with E-state index in [-0.39, 0.29) is 11.3 Å². The molecule has 0 atom stereocenters. The first-order chi connectivity index (χ1) is 6.81. The summed E-state index contributed by atoms with van der Waals surface area (Å²) in [7, 11) is 0. The molecule has 0 aliphatic carbocycles. The Morgan fingerprint density at radius 3 is 2.93 bits per heavy atom. The van der Waals surface area contributed by atoms with Crippen LogP contribution < -0.4 is 0 Å². The third-order valence-corrected chi connectivity index (χ3v) is 2.62. The topological polar surface area (TPSA) is 56.9 Å². The molecule has 2 rings (SSSR count). The molecule has 1 aromatic carbocycles. The zero-order valence-electron chi connectivity index (χ0n) is 7.14. The van der Waals surface area contributed by atoms with Crippen molar-refractivity contribution in [3.8, 4) is 22.4 Å². The number of benzene rings is 1. The lowest BCUT2D eigenvalue weighted by atomic mass is 10.1. The van der Waals surface area contributed by atoms with Crippen LogP contribution in [0.3, 0.4) is 0 Å². The van der Waals surface area contributed by atoms with Gasteiger partial charge in [-0.1, -0.05) is 0 Å². The monoisotopic (exact) mass is 202 g/mol. The minimum absolute atomic E-state index is 0.00723. The Morgan fingerprint density at radius 2 is 2.29 bits per heavy atom. The Morgan fingerprint density at radius 1 is 1.43 bits per heavy atom. The number of phenolic OH excluding ortho intramolecular Hbond substituents is 1. The van der Waals surface area contributed by atoms with E-state index in [4.69, 9.17) is 5.26 Å². The molecule has 1 aromatic heterocycles. The van der Waals surface area contributed by atoms with Crippen molar-refractivity contribution >= 4 is 11.3 Å². The average Bonchev–Trinajstić information content (AvgIpc) is 2.71. The normalized spacial score (nSPS) is 9.64. The summed E-state index contributed by atoms with van der Waals surface area (Å²) in [5.74, 6) is 0.00723. The predicted molar refractivity (Wildman–Crippen MR) is 53.9 cm³/mol. The van der Waals surface area contributed by atoms with Gasteiger partial charge in [0.05, 0.1) is 5.56 Å². The minimum atomic E-state index is 0.00723. The van der Waals surface area contributed by atoms with Crippen LogP contribution in [0.15, 0.2) is 29.8 Å². The van der Waals surface area contributed by atoms with Gasteiger partial charge in [-0.25, -0.2) is 4.98 Å². The van der Waals surface area contributed by atoms with Crippen LogP contribution in [0.5, 0.6) is 5.75 Å². The van der Waals surface area contributed by atoms with E-state index in [0.29, 0.717) is 0 Å². The first-order valence-electron chi connectivity index (χ1n) is 3.94. The average molecular weight is 202 g/mol. The molecule has 0 bridgehead atoms. The summed E-state index contributed by atoms with van der Waals surface area (Å²) in [6, 6.07) is 6.81. The maximum absolute atomic E-state index is 9.29. The second kappa shape index (κ2) is 3.48. The fourth-order valence-electron chi connectivity index (χ4n) is 1.12. The molecule has 1 heterocycles. The molecule has 0 saturated heterocycles. The largest absolute Gasteiger partial charge is 0.507 e. The maximum Gasteiger partial charge on any atom is 0.133 e. The highest BCUT2D eigenvalue weighted by atomic mass is 32.1. The maximum atomic E-state index is 9.29. The number of phenols is 1. The number of nitrogens with zero attached hydrogens (tertiary/aromatic N) is 2. The van der Waals surface area contributed by atoms with Crippen molar-refractivity contribution < 1.29 is 5.11 Å². The van der Waals surface area contributed by atoms with E-state index in [9.17, 15) is 5.11 Å². The molecule has 0 amide bonds. The zero-order chi connectivity index (χ0) is 9.97. The van der Waals surface area contributed by atoms with Gasteiger partial charge in [0, 0.05) is 17.1 Å². The third-order valence-electron chi connectivity index (χ3n) is 1.80. The van der Waals surface area contributed by atoms with Gasteiger partial charge in [0.25, 0.3) is 0 Å². The van der Waals surface area contributed by atoms with Crippen LogP contribution in [0.4, 0.5) is 0 Å². The quantitative estimate of drug-likeness (QED) is 0.772. The molecule has 0 aliphatic rings. The first-order valence-corrected chi connectivity index (χ1v) is 4.82. The second-order valence-electron chi connectivity index (χ2n) is 2.68. The lowest BCUT2D eigenvalue weighted by molar-refractivity contribution is 0.473. The van der Waals surface area contributed by atoms with Crippen molar-refractivity contribution in [1.29, 1.82) is 5.26 Å². The molecule has 68 valence electrons. The zero-order valence-corrected chi connectivity index (χ0v) is 7.95. The van der Waals surface area contributed by atoms with E-state index >= 15 is 0 Å². The highest BCUT2D eigenvalue weighted by Gasteiger charge is 2.04. The van der Waals surface area contributed by atoms with Gasteiger partial charge in [-0.2, -0.15) is 5.26 Å². The molecule has 0 unspecified atom stereocenters. The highest BCUT2D eigenvalue weighted by molar-refractivity contribution is 7.13. The summed E-state index contributed by atoms with van der Waals surface area (Å²) in [5.41, 5.74) is 1.13. The molecular weight excluding hydrogens is 196 g/mol. The van der Waals surface area contributed by atoms with Crippen LogP contribution in [0.2, 0.25) is 0 Å². The molecular formula is C10H6N2OS. The molecule has 1 N–H and O–H groups in total. The summed E-state index contributed by atoms with van der Waals surface area (Å²) in [5, 5.41) is 20.7. The number of nitriles is 1. The van der Waals surface area contributed by atoms with E-state index < -0.39 is 0 Å². The van der Waals surface area contributed by atoms with E-state index in [1.165, 1.54) is 17.4 Å². The van der Waals surface area contributed by atoms with Gasteiger partial charge < -0.3 is 5.11 Å². The molecule has 3 nitrogen and oxygen atoms in total. The number of hydrogen-bond acceptors (Lipinski definition) is 4. The van der Waals surface area contributed by atoms with E-state index in [0.717, 1.165) is 10.6 Å². The van der Waals surface area contributed by atoms with Gasteiger partial charge >= 0.3 is 0 Å². The SMILES string of the molecule is N#Cc1cc(-c2nccs2)ccc1O. The summed E-state index contributed by atoms with van der Waals surface area (Å²) >= 11 is 1.50. The number of rotatable bonds is 1. The predicted octanol–water partition coefficient (Wildman–Crippen LogP) is 2.39. The Balaban J connectivity index is 2.53. The molecule has 2 aromatic rings. The van der Waals surface area contributed by atoms with Gasteiger partial charge in [-0.05, 0) is 18.2 Å². The standard InChI is InChI=1S/C10H6N2OS/c11-6-8-5-7(1-2-9(8)13)10-12-3-4-14-10/h1-5,13H. The van der Waals surface area contributed by atoms with Gasteiger partial charge in [0.15, 0.2) is 0 Å². The van der Waals surface area contributed by atoms with Gasteiger partial charge in [0.1, 0.15) is 16.8 Å². The lowest BCUT2D eigenvalue weighted by Crippen LogP contribution is -1.80. The fraction of sp³-hybridized carbons (Fsp3) is 0. The van der Waals surface area contributed by atoms with E-state index in [2.05, 4.69) is 4.98 Å². The van der Waals surface area contributed by atoms with Gasteiger partial charge in [-0.3, -0.25) is 0 Å². The van der Waals surface area contributed by atoms with Crippen molar-refractivity contribution in [1.82, 2.24) is 4.98 Å². The molecule has 0 fully saturated rings. The Labute approximate surface area is 84.9 Å². The summed E-state index contributed by atoms with van der Waals surface area (Å²) in [4.78, 5) is 4.12. The Kier molecular flexibility index (Phi) is 2.17. The van der Waals surface area contributed by atoms with Crippen molar-refractivity contribution in [2.24, 2.45) is 0 Å². The smallest absolute Gasteiger partial charge is 0.133 e. The van der Waals surface area contributed by atoms with E-state index in [1.54, 1.807) is 18.3 Å². The van der Waals surface area contributed by atoms with Gasteiger partial charge in [-0.15, -0.1) is 11.3 Å². The van der Waals surface area contributed by atoms with Crippen LogP contribution in [0.25, 0.3) is 10.6 Å². The van der Waals surface area contributed by atoms with E-state index in [1.807, 2.05) is 11.4 Å². The number of hydrogen-bond donors (Lipinski definition) is 1. The number of aromatic nitrogens is 1. The summed E-state index contributed by atoms with van der Waals surface area (Å²) in [6.45, 7) is 0. The Bertz CT molecular complexity index is 485. The first kappa shape index (κ1) is 8.73. The van der Waals surface area contributed by atoms with Crippen LogP contribution >= 0.6 is 11.3 Å². The summed E-state index contributed by atoms with van der Waals surface area (Å²) < 4.78 is 0. The Hall–Kier alpha value is -1.86. The van der Waals surface area contributed by atoms with Crippen LogP contribution in [0, 0.1) is 11.3 Å². The summed E-state index contributed by atoms with van der Waals surface area (Å²) in [6.07, 6.45) is 1.71. The molecule has 4 heteroatoms. The lowest BCUT2D eigenvalue weighted by Gasteiger charge is -1.98. The number of thiazole rings is 1. The molecule has 0 spiro atoms. The van der Waals surface area contributed by atoms with Crippen molar-refractivity contribution in [2.45, 2.75) is 0 Å². The van der Waals surface area contributed by atoms with Crippen LogP contribution in [-0.2, 0) is 0 Å². The van der Waals surface area contributed by atoms with Crippen LogP contribution in [-0.4, -0.2) is 10.1 Å². The fourth-order valence-corrected chi connectivity index (χ4v) is 1.76. The molecule has 14 heavy (non-hydrogen) atoms. The molecule has 0 aliphatic heterocycles. The third kappa shape index (κ3) is 1.45. The van der Waals surface area contributed by atoms with Crippen molar-refractivity contribution in [3.63, 3.8) is 0 Å². The molecule has 0 saturated carbocycles. The minimum Gasteiger partial charge on any atom is -0.507 e. The number of aromatic hydroxyl groups is 1. The van der Waals surface area contributed by atoms with Gasteiger partial charge in [0.2, 0.25) is 0 Å². The highest BCUT2D eigenvalue weighted by Crippen LogP contribution is 2.26. The van der Waals surface area contributed by atoms with Crippen molar-refractivity contribution in [3.05, 3.63) is 35.3 Å². The second-order valence-corrected chi connectivity index (χ2v) is 3.58. The van der Waals surface area contributed by atoms with Crippen molar-refractivity contribution in [2.75, 3.05) is 0 Å². The van der Waals surface area contributed by atoms with Crippen LogP contribution in [0.1, 0.15) is 5.56 Å².